The van der Waals surface area contributed by atoms with Gasteiger partial charge in [-0.05, 0) is 48.4 Å². The first-order chi connectivity index (χ1) is 15.4. The molecule has 0 bridgehead atoms. The van der Waals surface area contributed by atoms with Crippen molar-refractivity contribution in [1.82, 2.24) is 20.4 Å². The summed E-state index contributed by atoms with van der Waals surface area (Å²) in [6.45, 7) is 1.74. The van der Waals surface area contributed by atoms with Gasteiger partial charge in [-0.1, -0.05) is 12.1 Å². The van der Waals surface area contributed by atoms with Gasteiger partial charge in [0, 0.05) is 42.8 Å². The van der Waals surface area contributed by atoms with Crippen molar-refractivity contribution in [2.45, 2.75) is 18.8 Å². The molecule has 0 spiro atoms. The van der Waals surface area contributed by atoms with Crippen LogP contribution in [0.3, 0.4) is 0 Å². The summed E-state index contributed by atoms with van der Waals surface area (Å²) in [5.41, 5.74) is 10.8. The van der Waals surface area contributed by atoms with Gasteiger partial charge in [-0.15, -0.1) is 0 Å². The van der Waals surface area contributed by atoms with E-state index in [4.69, 9.17) is 5.73 Å². The molecule has 164 valence electrons. The van der Waals surface area contributed by atoms with E-state index in [1.807, 2.05) is 19.3 Å². The Hall–Kier alpha value is -3.56. The topological polar surface area (TPSA) is 92.3 Å². The van der Waals surface area contributed by atoms with E-state index in [9.17, 15) is 8.78 Å². The number of aliphatic imine (C=N–C) groups is 1. The molecule has 0 amide bonds. The molecule has 2 aliphatic rings. The molecule has 5 rings (SSSR count). The highest BCUT2D eigenvalue weighted by molar-refractivity contribution is 6.12. The van der Waals surface area contributed by atoms with Crippen molar-refractivity contribution in [2.75, 3.05) is 11.9 Å². The molecule has 0 aliphatic carbocycles. The third-order valence-corrected chi connectivity index (χ3v) is 5.70. The van der Waals surface area contributed by atoms with E-state index < -0.39 is 17.4 Å². The number of benzene rings is 2. The highest BCUT2D eigenvalue weighted by Gasteiger charge is 2.36. The number of nitrogens with two attached hydrogens (primary N) is 1. The molecule has 1 atom stereocenters. The van der Waals surface area contributed by atoms with E-state index in [0.717, 1.165) is 42.9 Å². The van der Waals surface area contributed by atoms with E-state index in [0.29, 0.717) is 11.4 Å². The summed E-state index contributed by atoms with van der Waals surface area (Å²) in [4.78, 5) is 4.30. The predicted octanol–water partition coefficient (Wildman–Crippen LogP) is 2.57. The fourth-order valence-electron chi connectivity index (χ4n) is 4.09. The second-order valence-corrected chi connectivity index (χ2v) is 7.97. The van der Waals surface area contributed by atoms with Crippen LogP contribution in [0.5, 0.6) is 0 Å². The summed E-state index contributed by atoms with van der Waals surface area (Å²) < 4.78 is 30.8. The first-order valence-electron chi connectivity index (χ1n) is 10.3. The molecular weight excluding hydrogens is 412 g/mol. The molecule has 0 radical (unpaired) electrons. The van der Waals surface area contributed by atoms with E-state index in [1.54, 1.807) is 10.9 Å². The molecule has 0 saturated heterocycles. The number of nitrogens with one attached hydrogen (secondary N) is 3. The van der Waals surface area contributed by atoms with E-state index >= 15 is 0 Å². The van der Waals surface area contributed by atoms with Gasteiger partial charge in [0.25, 0.3) is 0 Å². The van der Waals surface area contributed by atoms with Gasteiger partial charge in [0.05, 0.1) is 11.8 Å². The number of rotatable bonds is 4. The zero-order chi connectivity index (χ0) is 22.3. The number of hydrogen-bond acceptors (Lipinski definition) is 6. The maximum Gasteiger partial charge on any atom is 0.216 e. The smallest absolute Gasteiger partial charge is 0.216 e. The number of nitrogens with zero attached hydrogens (tertiary/aromatic N) is 3. The third-order valence-electron chi connectivity index (χ3n) is 5.70. The van der Waals surface area contributed by atoms with Crippen LogP contribution in [0.25, 0.3) is 5.57 Å². The van der Waals surface area contributed by atoms with Crippen molar-refractivity contribution in [3.8, 4) is 0 Å². The number of aryl methyl sites for hydroxylation is 1. The average Bonchev–Trinajstić information content (AvgIpc) is 3.19. The zero-order valence-corrected chi connectivity index (χ0v) is 17.5. The molecule has 1 unspecified atom stereocenters. The Balaban J connectivity index is 1.56. The van der Waals surface area contributed by atoms with Gasteiger partial charge < -0.3 is 16.0 Å². The van der Waals surface area contributed by atoms with Crippen molar-refractivity contribution in [3.05, 3.63) is 88.5 Å². The number of allylic oxidation sites excluding steroid dienone is 1. The number of halogens is 2. The van der Waals surface area contributed by atoms with Crippen LogP contribution < -0.4 is 21.7 Å². The molecule has 7 nitrogen and oxygen atoms in total. The second-order valence-electron chi connectivity index (χ2n) is 7.97. The first-order valence-corrected chi connectivity index (χ1v) is 10.3. The van der Waals surface area contributed by atoms with E-state index in [2.05, 4.69) is 38.2 Å². The van der Waals surface area contributed by atoms with Crippen molar-refractivity contribution in [3.63, 3.8) is 0 Å². The molecule has 2 aromatic carbocycles. The summed E-state index contributed by atoms with van der Waals surface area (Å²) in [6.07, 6.45) is 6.01. The Kier molecular flexibility index (Phi) is 4.99. The molecule has 0 fully saturated rings. The molecule has 5 N–H and O–H groups in total. The molecule has 32 heavy (non-hydrogen) atoms. The predicted molar refractivity (Wildman–Crippen MR) is 119 cm³/mol. The number of fused-ring (bicyclic) bond motifs is 1. The third kappa shape index (κ3) is 3.65. The van der Waals surface area contributed by atoms with Crippen molar-refractivity contribution in [2.24, 2.45) is 17.8 Å². The van der Waals surface area contributed by atoms with Crippen LogP contribution in [0.15, 0.2) is 59.6 Å². The number of anilines is 1. The van der Waals surface area contributed by atoms with Crippen LogP contribution in [0.4, 0.5) is 14.5 Å². The zero-order valence-electron chi connectivity index (χ0n) is 17.5. The lowest BCUT2D eigenvalue weighted by atomic mass is 10.00. The Labute approximate surface area is 184 Å². The van der Waals surface area contributed by atoms with Crippen LogP contribution in [0, 0.1) is 11.6 Å². The number of aromatic nitrogens is 2. The minimum atomic E-state index is -1.82. The standard InChI is InChI=1S/C23H23F2N7/c1-32-13-16(11-29-32)18-12-28-23(26,21-19(24)3-2-4-20(21)25)31-22(18)30-17-6-5-14-7-8-27-10-15(14)9-17/h2-6,9,11-13,27,30-31H,7-8,10,26H2,1H3. The van der Waals surface area contributed by atoms with Gasteiger partial charge in [-0.25, -0.2) is 13.8 Å². The van der Waals surface area contributed by atoms with Crippen LogP contribution in [0.2, 0.25) is 0 Å². The maximum atomic E-state index is 14.6. The maximum absolute atomic E-state index is 14.6. The van der Waals surface area contributed by atoms with Crippen molar-refractivity contribution >= 4 is 17.5 Å². The normalized spacial score (nSPS) is 20.1. The van der Waals surface area contributed by atoms with Gasteiger partial charge in [0.2, 0.25) is 5.79 Å². The van der Waals surface area contributed by atoms with Crippen LogP contribution in [-0.2, 0) is 25.8 Å². The molecule has 2 aliphatic heterocycles. The van der Waals surface area contributed by atoms with Crippen molar-refractivity contribution in [1.29, 1.82) is 0 Å². The summed E-state index contributed by atoms with van der Waals surface area (Å²) in [5.74, 6) is -2.90. The molecule has 0 saturated carbocycles. The Morgan fingerprint density at radius 2 is 1.97 bits per heavy atom. The van der Waals surface area contributed by atoms with Crippen LogP contribution in [0.1, 0.15) is 22.3 Å². The average molecular weight is 435 g/mol. The molecule has 9 heteroatoms. The van der Waals surface area contributed by atoms with Crippen LogP contribution in [-0.4, -0.2) is 22.5 Å². The fourth-order valence-corrected chi connectivity index (χ4v) is 4.09. The Morgan fingerprint density at radius 3 is 2.72 bits per heavy atom. The SMILES string of the molecule is Cn1cc(C2=C(Nc3ccc4c(c3)CNCC4)NC(N)(c3c(F)cccc3F)N=C2)cn1. The van der Waals surface area contributed by atoms with Gasteiger partial charge in [-0.3, -0.25) is 10.4 Å². The number of hydrogen-bond donors (Lipinski definition) is 4. The Bertz CT molecular complexity index is 1230. The quantitative estimate of drug-likeness (QED) is 0.506. The molecule has 1 aromatic heterocycles. The summed E-state index contributed by atoms with van der Waals surface area (Å²) in [6, 6.07) is 9.74. The monoisotopic (exact) mass is 435 g/mol. The highest BCUT2D eigenvalue weighted by Crippen LogP contribution is 2.31. The Morgan fingerprint density at radius 1 is 1.16 bits per heavy atom. The van der Waals surface area contributed by atoms with E-state index in [-0.39, 0.29) is 5.56 Å². The van der Waals surface area contributed by atoms with Gasteiger partial charge in [0.15, 0.2) is 0 Å². The van der Waals surface area contributed by atoms with Crippen LogP contribution >= 0.6 is 0 Å². The van der Waals surface area contributed by atoms with Gasteiger partial charge in [-0.2, -0.15) is 5.10 Å². The summed E-state index contributed by atoms with van der Waals surface area (Å²) in [5, 5.41) is 14.0. The summed E-state index contributed by atoms with van der Waals surface area (Å²) in [7, 11) is 1.81. The highest BCUT2D eigenvalue weighted by atomic mass is 19.1. The van der Waals surface area contributed by atoms with Gasteiger partial charge in [0.1, 0.15) is 17.5 Å². The molecule has 3 aromatic rings. The first kappa shape index (κ1) is 20.3. The van der Waals surface area contributed by atoms with E-state index in [1.165, 1.54) is 23.4 Å². The van der Waals surface area contributed by atoms with Gasteiger partial charge >= 0.3 is 0 Å². The van der Waals surface area contributed by atoms with Crippen molar-refractivity contribution < 1.29 is 8.78 Å². The summed E-state index contributed by atoms with van der Waals surface area (Å²) >= 11 is 0. The minimum absolute atomic E-state index is 0.351. The molecule has 3 heterocycles. The lowest BCUT2D eigenvalue weighted by Gasteiger charge is -2.34. The second kappa shape index (κ2) is 7.85. The lowest BCUT2D eigenvalue weighted by Crippen LogP contribution is -2.52. The minimum Gasteiger partial charge on any atom is -0.341 e. The lowest BCUT2D eigenvalue weighted by molar-refractivity contribution is 0.360. The molecular formula is C23H23F2N7. The fraction of sp³-hybridized carbons (Fsp3) is 0.217. The largest absolute Gasteiger partial charge is 0.341 e.